The number of anilines is 1. The average Bonchev–Trinajstić information content (AvgIpc) is 2.82. The molecule has 1 atom stereocenters. The molecule has 1 aliphatic heterocycles. The van der Waals surface area contributed by atoms with Gasteiger partial charge in [-0.2, -0.15) is 0 Å². The van der Waals surface area contributed by atoms with Gasteiger partial charge in [0.2, 0.25) is 0 Å². The molecule has 1 aliphatic rings. The van der Waals surface area contributed by atoms with Gasteiger partial charge >= 0.3 is 0 Å². The van der Waals surface area contributed by atoms with E-state index in [2.05, 4.69) is 5.32 Å². The Morgan fingerprint density at radius 3 is 2.47 bits per heavy atom. The van der Waals surface area contributed by atoms with Crippen molar-refractivity contribution in [2.75, 3.05) is 24.0 Å². The number of rotatable bonds is 7. The molecule has 4 rings (SSSR count). The van der Waals surface area contributed by atoms with Gasteiger partial charge in [0.25, 0.3) is 15.9 Å². The number of fused-ring (bicyclic) bond motifs is 1. The number of aryl methyl sites for hydroxylation is 3. The summed E-state index contributed by atoms with van der Waals surface area (Å²) in [4.78, 5) is 13.1. The van der Waals surface area contributed by atoms with E-state index in [1.165, 1.54) is 4.31 Å². The third-order valence-electron chi connectivity index (χ3n) is 5.64. The zero-order valence-corrected chi connectivity index (χ0v) is 20.3. The standard InChI is InChI=1S/C26H28N2O5S/c1-18-8-11-21(12-9-18)34(30,31)28-17-25(33-24-16-19(2)10-13-22(24)28)26(29)27-14-15-32-23-7-5-4-6-20(23)3/h4-13,16,25H,14-15,17H2,1-3H3,(H,27,29)/t25-/m0/s1. The summed E-state index contributed by atoms with van der Waals surface area (Å²) in [6, 6.07) is 19.6. The summed E-state index contributed by atoms with van der Waals surface area (Å²) < 4.78 is 39.9. The summed E-state index contributed by atoms with van der Waals surface area (Å²) in [6.07, 6.45) is -0.993. The van der Waals surface area contributed by atoms with Crippen LogP contribution in [0.4, 0.5) is 5.69 Å². The molecule has 0 unspecified atom stereocenters. The van der Waals surface area contributed by atoms with Crippen molar-refractivity contribution in [1.82, 2.24) is 5.32 Å². The smallest absolute Gasteiger partial charge is 0.264 e. The summed E-state index contributed by atoms with van der Waals surface area (Å²) >= 11 is 0. The van der Waals surface area contributed by atoms with Crippen molar-refractivity contribution in [3.05, 3.63) is 83.4 Å². The molecule has 8 heteroatoms. The van der Waals surface area contributed by atoms with Gasteiger partial charge in [-0.25, -0.2) is 8.42 Å². The van der Waals surface area contributed by atoms with Gasteiger partial charge in [0.1, 0.15) is 18.1 Å². The Morgan fingerprint density at radius 1 is 1.03 bits per heavy atom. The van der Waals surface area contributed by atoms with Gasteiger partial charge in [-0.1, -0.05) is 42.0 Å². The molecule has 0 saturated carbocycles. The fourth-order valence-electron chi connectivity index (χ4n) is 3.73. The predicted octanol–water partition coefficient (Wildman–Crippen LogP) is 3.76. The lowest BCUT2D eigenvalue weighted by molar-refractivity contribution is -0.127. The maximum Gasteiger partial charge on any atom is 0.264 e. The normalized spacial score (nSPS) is 15.3. The number of carbonyl (C=O) groups excluding carboxylic acids is 1. The van der Waals surface area contributed by atoms with Gasteiger partial charge in [0.05, 0.1) is 23.7 Å². The number of amides is 1. The second kappa shape index (κ2) is 9.77. The molecule has 1 amide bonds. The minimum absolute atomic E-state index is 0.128. The van der Waals surface area contributed by atoms with E-state index in [1.54, 1.807) is 36.4 Å². The average molecular weight is 481 g/mol. The number of nitrogens with zero attached hydrogens (tertiary/aromatic N) is 1. The lowest BCUT2D eigenvalue weighted by Crippen LogP contribution is -2.51. The van der Waals surface area contributed by atoms with Crippen molar-refractivity contribution in [3.8, 4) is 11.5 Å². The van der Waals surface area contributed by atoms with Crippen LogP contribution in [0.5, 0.6) is 11.5 Å². The van der Waals surface area contributed by atoms with E-state index in [0.29, 0.717) is 11.4 Å². The van der Waals surface area contributed by atoms with Crippen molar-refractivity contribution in [2.45, 2.75) is 31.8 Å². The summed E-state index contributed by atoms with van der Waals surface area (Å²) in [5.74, 6) is 0.716. The number of carbonyl (C=O) groups is 1. The fraction of sp³-hybridized carbons (Fsp3) is 0.269. The van der Waals surface area contributed by atoms with Gasteiger partial charge in [-0.05, 0) is 62.2 Å². The highest BCUT2D eigenvalue weighted by molar-refractivity contribution is 7.92. The Kier molecular flexibility index (Phi) is 6.79. The second-order valence-corrected chi connectivity index (χ2v) is 10.2. The molecular formula is C26H28N2O5S. The first kappa shape index (κ1) is 23.6. The van der Waals surface area contributed by atoms with E-state index in [4.69, 9.17) is 9.47 Å². The summed E-state index contributed by atoms with van der Waals surface area (Å²) in [6.45, 7) is 6.15. The van der Waals surface area contributed by atoms with Crippen molar-refractivity contribution < 1.29 is 22.7 Å². The largest absolute Gasteiger partial charge is 0.491 e. The van der Waals surface area contributed by atoms with Gasteiger partial charge < -0.3 is 14.8 Å². The molecule has 0 saturated heterocycles. The number of ether oxygens (including phenoxy) is 2. The number of nitrogens with one attached hydrogen (secondary N) is 1. The maximum absolute atomic E-state index is 13.5. The number of sulfonamides is 1. The van der Waals surface area contributed by atoms with Crippen molar-refractivity contribution in [1.29, 1.82) is 0 Å². The molecule has 1 N–H and O–H groups in total. The monoisotopic (exact) mass is 480 g/mol. The Morgan fingerprint density at radius 2 is 1.74 bits per heavy atom. The number of hydrogen-bond donors (Lipinski definition) is 1. The van der Waals surface area contributed by atoms with E-state index in [1.807, 2.05) is 51.1 Å². The Balaban J connectivity index is 1.50. The van der Waals surface area contributed by atoms with Gasteiger partial charge in [-0.15, -0.1) is 0 Å². The minimum Gasteiger partial charge on any atom is -0.491 e. The van der Waals surface area contributed by atoms with Gasteiger partial charge in [0.15, 0.2) is 6.10 Å². The van der Waals surface area contributed by atoms with Crippen LogP contribution < -0.4 is 19.1 Å². The molecule has 0 spiro atoms. The summed E-state index contributed by atoms with van der Waals surface area (Å²) in [5.41, 5.74) is 3.28. The van der Waals surface area contributed by atoms with Crippen LogP contribution in [0.25, 0.3) is 0 Å². The quantitative estimate of drug-likeness (QED) is 0.521. The van der Waals surface area contributed by atoms with E-state index in [0.717, 1.165) is 22.4 Å². The Hall–Kier alpha value is -3.52. The van der Waals surface area contributed by atoms with E-state index in [9.17, 15) is 13.2 Å². The van der Waals surface area contributed by atoms with Crippen LogP contribution in [-0.4, -0.2) is 40.1 Å². The number of benzene rings is 3. The van der Waals surface area contributed by atoms with Crippen LogP contribution in [0.15, 0.2) is 71.6 Å². The van der Waals surface area contributed by atoms with E-state index in [-0.39, 0.29) is 24.6 Å². The van der Waals surface area contributed by atoms with Crippen LogP contribution in [0.1, 0.15) is 16.7 Å². The predicted molar refractivity (Wildman–Crippen MR) is 131 cm³/mol. The van der Waals surface area contributed by atoms with Crippen LogP contribution in [0.2, 0.25) is 0 Å². The lowest BCUT2D eigenvalue weighted by atomic mass is 10.1. The zero-order valence-electron chi connectivity index (χ0n) is 19.4. The van der Waals surface area contributed by atoms with Crippen LogP contribution in [-0.2, 0) is 14.8 Å². The fourth-order valence-corrected chi connectivity index (χ4v) is 5.21. The van der Waals surface area contributed by atoms with Gasteiger partial charge in [0, 0.05) is 0 Å². The van der Waals surface area contributed by atoms with Crippen molar-refractivity contribution in [3.63, 3.8) is 0 Å². The molecule has 7 nitrogen and oxygen atoms in total. The van der Waals surface area contributed by atoms with E-state index < -0.39 is 22.0 Å². The first-order valence-corrected chi connectivity index (χ1v) is 12.5. The minimum atomic E-state index is -3.89. The molecule has 3 aromatic rings. The molecule has 178 valence electrons. The molecule has 0 aliphatic carbocycles. The van der Waals surface area contributed by atoms with Crippen LogP contribution >= 0.6 is 0 Å². The highest BCUT2D eigenvalue weighted by Crippen LogP contribution is 2.37. The maximum atomic E-state index is 13.5. The Labute approximate surface area is 200 Å². The second-order valence-electron chi connectivity index (χ2n) is 8.33. The summed E-state index contributed by atoms with van der Waals surface area (Å²) in [7, 11) is -3.89. The van der Waals surface area contributed by atoms with Crippen molar-refractivity contribution in [2.24, 2.45) is 0 Å². The highest BCUT2D eigenvalue weighted by Gasteiger charge is 2.37. The number of para-hydroxylation sites is 1. The van der Waals surface area contributed by atoms with Crippen LogP contribution in [0, 0.1) is 20.8 Å². The third-order valence-corrected chi connectivity index (χ3v) is 7.43. The lowest BCUT2D eigenvalue weighted by Gasteiger charge is -2.35. The highest BCUT2D eigenvalue weighted by atomic mass is 32.2. The molecule has 1 heterocycles. The molecular weight excluding hydrogens is 452 g/mol. The van der Waals surface area contributed by atoms with Crippen LogP contribution in [0.3, 0.4) is 0 Å². The molecule has 0 bridgehead atoms. The molecule has 0 fully saturated rings. The zero-order chi connectivity index (χ0) is 24.3. The van der Waals surface area contributed by atoms with Gasteiger partial charge in [-0.3, -0.25) is 9.10 Å². The van der Waals surface area contributed by atoms with Crippen molar-refractivity contribution >= 4 is 21.6 Å². The summed E-state index contributed by atoms with van der Waals surface area (Å²) in [5, 5.41) is 2.80. The topological polar surface area (TPSA) is 84.9 Å². The Bertz CT molecular complexity index is 1290. The number of hydrogen-bond acceptors (Lipinski definition) is 5. The first-order chi connectivity index (χ1) is 16.3. The molecule has 0 radical (unpaired) electrons. The SMILES string of the molecule is Cc1ccc(S(=O)(=O)N2C[C@@H](C(=O)NCCOc3ccccc3C)Oc3cc(C)ccc32)cc1. The third kappa shape index (κ3) is 5.02. The van der Waals surface area contributed by atoms with E-state index >= 15 is 0 Å². The first-order valence-electron chi connectivity index (χ1n) is 11.1. The molecule has 0 aromatic heterocycles. The molecule has 3 aromatic carbocycles. The molecule has 34 heavy (non-hydrogen) atoms.